The Bertz CT molecular complexity index is 870. The van der Waals surface area contributed by atoms with Crippen LogP contribution in [0.1, 0.15) is 258 Å². The van der Waals surface area contributed by atoms with E-state index in [4.69, 9.17) is 0 Å². The predicted octanol–water partition coefficient (Wildman–Crippen LogP) is 14.7. The lowest BCUT2D eigenvalue weighted by atomic mass is 10.0. The van der Waals surface area contributed by atoms with Crippen LogP contribution in [-0.4, -0.2) is 46.1 Å². The molecule has 0 aromatic heterocycles. The lowest BCUT2D eigenvalue weighted by Crippen LogP contribution is -2.50. The van der Waals surface area contributed by atoms with Crippen LogP contribution in [0.5, 0.6) is 0 Å². The van der Waals surface area contributed by atoms with Gasteiger partial charge in [-0.2, -0.15) is 0 Å². The first kappa shape index (κ1) is 54.6. The fourth-order valence-electron chi connectivity index (χ4n) is 7.59. The molecule has 0 spiro atoms. The van der Waals surface area contributed by atoms with Crippen LogP contribution in [0, 0.1) is 0 Å². The van der Waals surface area contributed by atoms with Crippen LogP contribution < -0.4 is 5.32 Å². The molecule has 0 saturated carbocycles. The molecule has 0 heterocycles. The number of allylic oxidation sites excluding steroid dienone is 6. The van der Waals surface area contributed by atoms with Crippen molar-refractivity contribution in [2.24, 2.45) is 0 Å². The van der Waals surface area contributed by atoms with Crippen molar-refractivity contribution in [3.63, 3.8) is 0 Å². The van der Waals surface area contributed by atoms with E-state index in [1.54, 1.807) is 0 Å². The van der Waals surface area contributed by atoms with E-state index in [2.05, 4.69) is 55.6 Å². The fourth-order valence-corrected chi connectivity index (χ4v) is 7.59. The van der Waals surface area contributed by atoms with Gasteiger partial charge in [0, 0.05) is 6.42 Å². The summed E-state index contributed by atoms with van der Waals surface area (Å²) in [5.41, 5.74) is 0. The highest BCUT2D eigenvalue weighted by Gasteiger charge is 2.26. The van der Waals surface area contributed by atoms with E-state index < -0.39 is 18.2 Å². The molecular formula is C51H97NO4. The van der Waals surface area contributed by atoms with Crippen LogP contribution in [0.3, 0.4) is 0 Å². The Morgan fingerprint density at radius 3 is 1.09 bits per heavy atom. The van der Waals surface area contributed by atoms with Crippen molar-refractivity contribution in [2.45, 2.75) is 276 Å². The molecule has 0 rings (SSSR count). The number of carbonyl (C=O) groups is 1. The SMILES string of the molecule is CCCCCCC/C=C/CC/C=C/CCCC(O)C(O)C(CO)NC(=O)CCCCCCCCCCCCCC/C=C\CCCCCCCCCCCCCC. The fraction of sp³-hybridized carbons (Fsp3) is 0.863. The summed E-state index contributed by atoms with van der Waals surface area (Å²) in [6.07, 6.45) is 58.5. The Kier molecular flexibility index (Phi) is 45.1. The van der Waals surface area contributed by atoms with Gasteiger partial charge in [0.15, 0.2) is 0 Å². The second-order valence-corrected chi connectivity index (χ2v) is 17.0. The first-order valence-corrected chi connectivity index (χ1v) is 24.8. The topological polar surface area (TPSA) is 89.8 Å². The Morgan fingerprint density at radius 1 is 0.429 bits per heavy atom. The highest BCUT2D eigenvalue weighted by molar-refractivity contribution is 5.76. The molecule has 0 aliphatic rings. The summed E-state index contributed by atoms with van der Waals surface area (Å²) in [5.74, 6) is -0.158. The second-order valence-electron chi connectivity index (χ2n) is 17.0. The van der Waals surface area contributed by atoms with Gasteiger partial charge in [0.05, 0.1) is 18.8 Å². The highest BCUT2D eigenvalue weighted by Crippen LogP contribution is 2.16. The zero-order chi connectivity index (χ0) is 40.8. The largest absolute Gasteiger partial charge is 0.394 e. The van der Waals surface area contributed by atoms with Gasteiger partial charge in [-0.1, -0.05) is 211 Å². The molecule has 5 heteroatoms. The lowest BCUT2D eigenvalue weighted by molar-refractivity contribution is -0.124. The summed E-state index contributed by atoms with van der Waals surface area (Å²) in [5, 5.41) is 33.5. The molecule has 0 aromatic rings. The molecular weight excluding hydrogens is 691 g/mol. The summed E-state index contributed by atoms with van der Waals surface area (Å²) in [4.78, 5) is 12.5. The first-order chi connectivity index (χ1) is 27.6. The highest BCUT2D eigenvalue weighted by atomic mass is 16.3. The first-order valence-electron chi connectivity index (χ1n) is 24.8. The number of hydrogen-bond acceptors (Lipinski definition) is 4. The number of carbonyl (C=O) groups excluding carboxylic acids is 1. The Labute approximate surface area is 349 Å². The molecule has 1 amide bonds. The molecule has 5 nitrogen and oxygen atoms in total. The molecule has 0 saturated heterocycles. The van der Waals surface area contributed by atoms with Gasteiger partial charge in [-0.3, -0.25) is 4.79 Å². The number of amides is 1. The third kappa shape index (κ3) is 40.8. The normalized spacial score (nSPS) is 13.7. The third-order valence-corrected chi connectivity index (χ3v) is 11.4. The molecule has 4 N–H and O–H groups in total. The zero-order valence-corrected chi connectivity index (χ0v) is 37.5. The van der Waals surface area contributed by atoms with Crippen molar-refractivity contribution in [1.29, 1.82) is 0 Å². The molecule has 0 aliphatic carbocycles. The predicted molar refractivity (Wildman–Crippen MR) is 245 cm³/mol. The maximum absolute atomic E-state index is 12.5. The molecule has 0 radical (unpaired) electrons. The number of aliphatic hydroxyl groups excluding tert-OH is 3. The molecule has 0 aromatic carbocycles. The van der Waals surface area contributed by atoms with Crippen LogP contribution >= 0.6 is 0 Å². The summed E-state index contributed by atoms with van der Waals surface area (Å²) in [6, 6.07) is -0.831. The van der Waals surface area contributed by atoms with E-state index in [1.807, 2.05) is 0 Å². The van der Waals surface area contributed by atoms with E-state index in [-0.39, 0.29) is 12.5 Å². The number of unbranched alkanes of at least 4 members (excludes halogenated alkanes) is 31. The van der Waals surface area contributed by atoms with E-state index in [9.17, 15) is 20.1 Å². The number of rotatable bonds is 45. The van der Waals surface area contributed by atoms with Gasteiger partial charge in [0.2, 0.25) is 5.91 Å². The second kappa shape index (κ2) is 46.3. The number of hydrogen-bond donors (Lipinski definition) is 4. The van der Waals surface area contributed by atoms with E-state index >= 15 is 0 Å². The standard InChI is InChI=1S/C51H97NO4/c1-3-5-7-9-11-13-15-17-19-20-21-22-23-24-25-26-27-28-29-30-31-32-34-36-38-40-42-44-46-50(55)52-48(47-53)51(56)49(54)45-43-41-39-37-35-33-18-16-14-12-10-8-6-4-2/h16,18,24-25,37,39,48-49,51,53-54,56H,3-15,17,19-23,26-36,38,40-47H2,1-2H3,(H,52,55)/b18-16+,25-24-,39-37+. The lowest BCUT2D eigenvalue weighted by Gasteiger charge is -2.26. The molecule has 0 aliphatic heterocycles. The average Bonchev–Trinajstić information content (AvgIpc) is 3.20. The van der Waals surface area contributed by atoms with Crippen molar-refractivity contribution >= 4 is 5.91 Å². The Hall–Kier alpha value is -1.43. The molecule has 56 heavy (non-hydrogen) atoms. The van der Waals surface area contributed by atoms with Gasteiger partial charge in [-0.05, 0) is 77.0 Å². The van der Waals surface area contributed by atoms with Crippen molar-refractivity contribution in [3.05, 3.63) is 36.5 Å². The van der Waals surface area contributed by atoms with Gasteiger partial charge >= 0.3 is 0 Å². The van der Waals surface area contributed by atoms with E-state index in [0.717, 1.165) is 44.9 Å². The summed E-state index contributed by atoms with van der Waals surface area (Å²) < 4.78 is 0. The van der Waals surface area contributed by atoms with Crippen LogP contribution in [0.2, 0.25) is 0 Å². The number of nitrogens with one attached hydrogen (secondary N) is 1. The summed E-state index contributed by atoms with van der Waals surface area (Å²) in [6.45, 7) is 4.16. The summed E-state index contributed by atoms with van der Waals surface area (Å²) >= 11 is 0. The molecule has 3 unspecified atom stereocenters. The molecule has 3 atom stereocenters. The maximum atomic E-state index is 12.5. The van der Waals surface area contributed by atoms with Gasteiger partial charge in [0.25, 0.3) is 0 Å². The quantitative estimate of drug-likeness (QED) is 0.0365. The van der Waals surface area contributed by atoms with Crippen LogP contribution in [0.15, 0.2) is 36.5 Å². The minimum Gasteiger partial charge on any atom is -0.394 e. The molecule has 0 bridgehead atoms. The van der Waals surface area contributed by atoms with Gasteiger partial charge < -0.3 is 20.6 Å². The van der Waals surface area contributed by atoms with Gasteiger partial charge in [0.1, 0.15) is 6.10 Å². The van der Waals surface area contributed by atoms with Crippen molar-refractivity contribution in [1.82, 2.24) is 5.32 Å². The molecule has 0 fully saturated rings. The van der Waals surface area contributed by atoms with Crippen LogP contribution in [-0.2, 0) is 4.79 Å². The van der Waals surface area contributed by atoms with Crippen LogP contribution in [0.4, 0.5) is 0 Å². The average molecular weight is 788 g/mol. The third-order valence-electron chi connectivity index (χ3n) is 11.4. The van der Waals surface area contributed by atoms with Crippen molar-refractivity contribution < 1.29 is 20.1 Å². The van der Waals surface area contributed by atoms with Crippen molar-refractivity contribution in [2.75, 3.05) is 6.61 Å². The van der Waals surface area contributed by atoms with Crippen LogP contribution in [0.25, 0.3) is 0 Å². The van der Waals surface area contributed by atoms with E-state index in [0.29, 0.717) is 12.8 Å². The zero-order valence-electron chi connectivity index (χ0n) is 37.5. The Balaban J connectivity index is 3.57. The summed E-state index contributed by atoms with van der Waals surface area (Å²) in [7, 11) is 0. The Morgan fingerprint density at radius 2 is 0.732 bits per heavy atom. The maximum Gasteiger partial charge on any atom is 0.220 e. The van der Waals surface area contributed by atoms with Crippen molar-refractivity contribution in [3.8, 4) is 0 Å². The minimum atomic E-state index is -1.17. The number of aliphatic hydroxyl groups is 3. The van der Waals surface area contributed by atoms with E-state index in [1.165, 1.54) is 186 Å². The monoisotopic (exact) mass is 788 g/mol. The van der Waals surface area contributed by atoms with Gasteiger partial charge in [-0.25, -0.2) is 0 Å². The smallest absolute Gasteiger partial charge is 0.220 e. The van der Waals surface area contributed by atoms with Gasteiger partial charge in [-0.15, -0.1) is 0 Å². The minimum absolute atomic E-state index is 0.158. The molecule has 330 valence electrons.